The zero-order valence-electron chi connectivity index (χ0n) is 8.48. The smallest absolute Gasteiger partial charge is 0.444 e. The van der Waals surface area contributed by atoms with Crippen LogP contribution in [0.2, 0.25) is 0 Å². The fourth-order valence-corrected chi connectivity index (χ4v) is 0.494. The molecule has 0 aliphatic carbocycles. The van der Waals surface area contributed by atoms with Crippen molar-refractivity contribution >= 4 is 6.09 Å². The van der Waals surface area contributed by atoms with Gasteiger partial charge in [-0.2, -0.15) is 5.11 Å². The van der Waals surface area contributed by atoms with E-state index in [1.807, 2.05) is 13.8 Å². The molecule has 0 aromatic rings. The summed E-state index contributed by atoms with van der Waals surface area (Å²) in [6.45, 7) is 7.34. The molecule has 0 heterocycles. The summed E-state index contributed by atoms with van der Waals surface area (Å²) >= 11 is 0. The first-order chi connectivity index (χ1) is 6.02. The summed E-state index contributed by atoms with van der Waals surface area (Å²) in [7, 11) is 0. The van der Waals surface area contributed by atoms with Gasteiger partial charge in [-0.1, -0.05) is 5.11 Å². The van der Waals surface area contributed by atoms with Crippen LogP contribution in [0.25, 0.3) is 0 Å². The molecule has 1 amide bonds. The Labute approximate surface area is 78.1 Å². The molecule has 76 valence electrons. The maximum absolute atomic E-state index is 10.8. The van der Waals surface area contributed by atoms with Crippen molar-refractivity contribution in [3.05, 3.63) is 0 Å². The summed E-state index contributed by atoms with van der Waals surface area (Å²) in [5.41, 5.74) is 0. The monoisotopic (exact) mass is 188 g/mol. The van der Waals surface area contributed by atoms with Crippen molar-refractivity contribution in [1.82, 2.24) is 0 Å². The van der Waals surface area contributed by atoms with Crippen molar-refractivity contribution in [2.75, 3.05) is 6.73 Å². The molecule has 0 unspecified atom stereocenters. The molecule has 0 fully saturated rings. The number of ether oxygens (including phenoxy) is 2. The van der Waals surface area contributed by atoms with Gasteiger partial charge in [0.1, 0.15) is 0 Å². The van der Waals surface area contributed by atoms with Crippen LogP contribution < -0.4 is 0 Å². The van der Waals surface area contributed by atoms with Crippen molar-refractivity contribution in [1.29, 1.82) is 0 Å². The second-order valence-corrected chi connectivity index (χ2v) is 3.02. The molecule has 0 N–H and O–H groups in total. The minimum absolute atomic E-state index is 0.0834. The van der Waals surface area contributed by atoms with Gasteiger partial charge < -0.3 is 9.47 Å². The molecule has 0 rings (SSSR count). The Bertz CT molecular complexity index is 178. The predicted octanol–water partition coefficient (Wildman–Crippen LogP) is 2.37. The van der Waals surface area contributed by atoms with E-state index in [9.17, 15) is 4.79 Å². The molecule has 0 saturated heterocycles. The van der Waals surface area contributed by atoms with Gasteiger partial charge in [0.2, 0.25) is 0 Å². The van der Waals surface area contributed by atoms with Crippen LogP contribution in [0.4, 0.5) is 4.79 Å². The van der Waals surface area contributed by atoms with Crippen molar-refractivity contribution in [2.24, 2.45) is 10.2 Å². The lowest BCUT2D eigenvalue weighted by Gasteiger charge is -2.03. The Morgan fingerprint density at radius 2 is 1.85 bits per heavy atom. The second-order valence-electron chi connectivity index (χ2n) is 3.02. The zero-order valence-corrected chi connectivity index (χ0v) is 8.48. The lowest BCUT2D eigenvalue weighted by atomic mass is 10.5. The molecular formula is C8H16N2O3. The summed E-state index contributed by atoms with van der Waals surface area (Å²) in [5.74, 6) is 0. The van der Waals surface area contributed by atoms with Crippen LogP contribution in [0, 0.1) is 0 Å². The fraction of sp³-hybridized carbons (Fsp3) is 0.875. The van der Waals surface area contributed by atoms with E-state index in [4.69, 9.17) is 9.47 Å². The molecule has 5 heteroatoms. The van der Waals surface area contributed by atoms with Gasteiger partial charge in [0.25, 0.3) is 0 Å². The highest BCUT2D eigenvalue weighted by Gasteiger charge is 2.01. The maximum Gasteiger partial charge on any atom is 0.452 e. The Hall–Kier alpha value is -0.970. The number of carbonyl (C=O) groups is 1. The highest BCUT2D eigenvalue weighted by molar-refractivity contribution is 5.67. The normalized spacial score (nSPS) is 11.5. The minimum Gasteiger partial charge on any atom is -0.444 e. The molecule has 0 aromatic carbocycles. The SMILES string of the molecule is CC(C)OC/N=N/C(=O)OC(C)C. The van der Waals surface area contributed by atoms with Crippen LogP contribution in [0.1, 0.15) is 27.7 Å². The molecule has 0 saturated carbocycles. The first-order valence-corrected chi connectivity index (χ1v) is 4.22. The van der Waals surface area contributed by atoms with E-state index >= 15 is 0 Å². The summed E-state index contributed by atoms with van der Waals surface area (Å²) in [6, 6.07) is 0. The summed E-state index contributed by atoms with van der Waals surface area (Å²) < 4.78 is 9.73. The number of hydrogen-bond acceptors (Lipinski definition) is 4. The van der Waals surface area contributed by atoms with Gasteiger partial charge in [-0.05, 0) is 27.7 Å². The van der Waals surface area contributed by atoms with E-state index < -0.39 is 6.09 Å². The number of rotatable bonds is 4. The van der Waals surface area contributed by atoms with Crippen molar-refractivity contribution in [3.8, 4) is 0 Å². The van der Waals surface area contributed by atoms with Crippen LogP contribution >= 0.6 is 0 Å². The number of azo groups is 1. The molecule has 0 aromatic heterocycles. The molecule has 0 aliphatic rings. The number of hydrogen-bond donors (Lipinski definition) is 0. The highest BCUT2D eigenvalue weighted by atomic mass is 16.6. The average Bonchev–Trinajstić information content (AvgIpc) is 1.96. The van der Waals surface area contributed by atoms with Gasteiger partial charge >= 0.3 is 6.09 Å². The van der Waals surface area contributed by atoms with Gasteiger partial charge in [-0.15, -0.1) is 0 Å². The lowest BCUT2D eigenvalue weighted by Crippen LogP contribution is -2.07. The topological polar surface area (TPSA) is 60.2 Å². The van der Waals surface area contributed by atoms with Crippen LogP contribution in [-0.2, 0) is 9.47 Å². The summed E-state index contributed by atoms with van der Waals surface area (Å²) in [4.78, 5) is 10.8. The Balaban J connectivity index is 3.54. The molecule has 13 heavy (non-hydrogen) atoms. The van der Waals surface area contributed by atoms with E-state index in [1.165, 1.54) is 0 Å². The van der Waals surface area contributed by atoms with E-state index in [0.29, 0.717) is 0 Å². The molecule has 0 bridgehead atoms. The van der Waals surface area contributed by atoms with E-state index in [0.717, 1.165) is 0 Å². The van der Waals surface area contributed by atoms with E-state index in [-0.39, 0.29) is 18.9 Å². The minimum atomic E-state index is -0.678. The largest absolute Gasteiger partial charge is 0.452 e. The summed E-state index contributed by atoms with van der Waals surface area (Å²) in [5, 5.41) is 6.77. The molecule has 0 aliphatic heterocycles. The molecule has 0 atom stereocenters. The predicted molar refractivity (Wildman–Crippen MR) is 47.6 cm³/mol. The van der Waals surface area contributed by atoms with Gasteiger partial charge in [0.15, 0.2) is 6.73 Å². The van der Waals surface area contributed by atoms with Crippen molar-refractivity contribution < 1.29 is 14.3 Å². The Morgan fingerprint density at radius 3 is 2.31 bits per heavy atom. The first kappa shape index (κ1) is 12.0. The number of amides is 1. The standard InChI is InChI=1S/C8H16N2O3/c1-6(2)12-5-9-10-8(11)13-7(3)4/h6-7H,5H2,1-4H3/b10-9+. The van der Waals surface area contributed by atoms with Crippen LogP contribution in [0.15, 0.2) is 10.2 Å². The van der Waals surface area contributed by atoms with Gasteiger partial charge in [-0.25, -0.2) is 4.79 Å². The second kappa shape index (κ2) is 6.54. The highest BCUT2D eigenvalue weighted by Crippen LogP contribution is 1.93. The van der Waals surface area contributed by atoms with Gasteiger partial charge in [-0.3, -0.25) is 0 Å². The summed E-state index contributed by atoms with van der Waals surface area (Å²) in [6.07, 6.45) is -0.764. The quantitative estimate of drug-likeness (QED) is 0.636. The molecule has 5 nitrogen and oxygen atoms in total. The first-order valence-electron chi connectivity index (χ1n) is 4.22. The maximum atomic E-state index is 10.8. The van der Waals surface area contributed by atoms with Crippen LogP contribution in [0.5, 0.6) is 0 Å². The third-order valence-corrected chi connectivity index (χ3v) is 0.954. The number of carbonyl (C=O) groups excluding carboxylic acids is 1. The van der Waals surface area contributed by atoms with Crippen molar-refractivity contribution in [2.45, 2.75) is 39.9 Å². The van der Waals surface area contributed by atoms with Crippen molar-refractivity contribution in [3.63, 3.8) is 0 Å². The Kier molecular flexibility index (Phi) is 6.05. The molecule has 0 spiro atoms. The Morgan fingerprint density at radius 1 is 1.23 bits per heavy atom. The van der Waals surface area contributed by atoms with Crippen LogP contribution in [0.3, 0.4) is 0 Å². The van der Waals surface area contributed by atoms with Gasteiger partial charge in [0, 0.05) is 0 Å². The molecule has 0 radical (unpaired) electrons. The van der Waals surface area contributed by atoms with E-state index in [1.54, 1.807) is 13.8 Å². The fourth-order valence-electron chi connectivity index (χ4n) is 0.494. The zero-order chi connectivity index (χ0) is 10.3. The third kappa shape index (κ3) is 8.94. The number of nitrogens with zero attached hydrogens (tertiary/aromatic N) is 2. The van der Waals surface area contributed by atoms with Gasteiger partial charge in [0.05, 0.1) is 12.2 Å². The lowest BCUT2D eigenvalue weighted by molar-refractivity contribution is 0.0792. The third-order valence-electron chi connectivity index (χ3n) is 0.954. The molecular weight excluding hydrogens is 172 g/mol. The van der Waals surface area contributed by atoms with Crippen LogP contribution in [-0.4, -0.2) is 25.0 Å². The van der Waals surface area contributed by atoms with E-state index in [2.05, 4.69) is 10.2 Å². The average molecular weight is 188 g/mol.